The fourth-order valence-electron chi connectivity index (χ4n) is 3.32. The summed E-state index contributed by atoms with van der Waals surface area (Å²) in [6.07, 6.45) is 5.89. The van der Waals surface area contributed by atoms with E-state index in [-0.39, 0.29) is 11.9 Å². The van der Waals surface area contributed by atoms with Crippen molar-refractivity contribution in [3.63, 3.8) is 0 Å². The summed E-state index contributed by atoms with van der Waals surface area (Å²) >= 11 is 1.62. The Hall–Kier alpha value is -2.94. The fraction of sp³-hybridized carbons (Fsp3) is 0.333. The van der Waals surface area contributed by atoms with Gasteiger partial charge < -0.3 is 15.1 Å². The van der Waals surface area contributed by atoms with Crippen LogP contribution in [0.4, 0.5) is 17.5 Å². The lowest BCUT2D eigenvalue weighted by Crippen LogP contribution is -2.36. The monoisotopic (exact) mass is 383 g/mol. The van der Waals surface area contributed by atoms with E-state index in [1.54, 1.807) is 22.2 Å². The Morgan fingerprint density at radius 1 is 1.48 bits per heavy atom. The highest BCUT2D eigenvalue weighted by atomic mass is 32.1. The summed E-state index contributed by atoms with van der Waals surface area (Å²) in [5, 5.41) is 9.41. The highest BCUT2D eigenvalue weighted by Gasteiger charge is 2.29. The zero-order chi connectivity index (χ0) is 19.0. The summed E-state index contributed by atoms with van der Waals surface area (Å²) in [7, 11) is 3.89. The van der Waals surface area contributed by atoms with Crippen molar-refractivity contribution in [3.8, 4) is 0 Å². The second-order valence-corrected chi connectivity index (χ2v) is 7.49. The zero-order valence-electron chi connectivity index (χ0n) is 15.3. The molecule has 1 atom stereocenters. The topological polar surface area (TPSA) is 79.2 Å². The summed E-state index contributed by atoms with van der Waals surface area (Å²) in [5.74, 6) is 1.39. The number of likely N-dealkylation sites (tertiary alicyclic amines) is 1. The third kappa shape index (κ3) is 3.37. The van der Waals surface area contributed by atoms with Crippen molar-refractivity contribution in [2.75, 3.05) is 30.4 Å². The minimum Gasteiger partial charge on any atom is -0.353 e. The molecular formula is C18H21N7OS. The first-order valence-corrected chi connectivity index (χ1v) is 9.58. The maximum Gasteiger partial charge on any atom is 0.246 e. The van der Waals surface area contributed by atoms with Crippen LogP contribution >= 0.6 is 11.3 Å². The summed E-state index contributed by atoms with van der Waals surface area (Å²) in [5.41, 5.74) is 1.74. The molecule has 0 saturated carbocycles. The van der Waals surface area contributed by atoms with E-state index in [0.29, 0.717) is 12.5 Å². The lowest BCUT2D eigenvalue weighted by atomic mass is 10.2. The van der Waals surface area contributed by atoms with Crippen LogP contribution in [0, 0.1) is 0 Å². The van der Waals surface area contributed by atoms with Crippen LogP contribution < -0.4 is 10.2 Å². The fourth-order valence-corrected chi connectivity index (χ4v) is 4.18. The minimum atomic E-state index is -0.0196. The number of aryl methyl sites for hydroxylation is 1. The van der Waals surface area contributed by atoms with Gasteiger partial charge in [0.25, 0.3) is 0 Å². The third-order valence-electron chi connectivity index (χ3n) is 4.78. The van der Waals surface area contributed by atoms with Crippen LogP contribution in [0.2, 0.25) is 0 Å². The van der Waals surface area contributed by atoms with Crippen molar-refractivity contribution in [3.05, 3.63) is 36.5 Å². The molecule has 1 aliphatic heterocycles. The van der Waals surface area contributed by atoms with Crippen molar-refractivity contribution in [1.29, 1.82) is 0 Å². The molecule has 0 radical (unpaired) electrons. The van der Waals surface area contributed by atoms with E-state index in [1.807, 2.05) is 36.6 Å². The van der Waals surface area contributed by atoms with Crippen LogP contribution in [0.3, 0.4) is 0 Å². The van der Waals surface area contributed by atoms with Crippen LogP contribution in [-0.4, -0.2) is 56.7 Å². The number of thiophene rings is 1. The first-order chi connectivity index (χ1) is 13.0. The lowest BCUT2D eigenvalue weighted by Gasteiger charge is -2.26. The van der Waals surface area contributed by atoms with E-state index in [9.17, 15) is 4.79 Å². The number of fused-ring (bicyclic) bond motifs is 1. The molecule has 1 unspecified atom stereocenters. The Balaban J connectivity index is 1.63. The smallest absolute Gasteiger partial charge is 0.246 e. The summed E-state index contributed by atoms with van der Waals surface area (Å²) in [6, 6.07) is 2.20. The molecular weight excluding hydrogens is 362 g/mol. The second kappa shape index (κ2) is 6.99. The first kappa shape index (κ1) is 17.5. The van der Waals surface area contributed by atoms with E-state index in [1.165, 1.54) is 6.08 Å². The highest BCUT2D eigenvalue weighted by molar-refractivity contribution is 7.17. The number of hydrogen-bond donors (Lipinski definition) is 1. The van der Waals surface area contributed by atoms with Gasteiger partial charge in [-0.3, -0.25) is 9.48 Å². The number of nitrogens with zero attached hydrogens (tertiary/aromatic N) is 6. The van der Waals surface area contributed by atoms with Gasteiger partial charge in [0.1, 0.15) is 0 Å². The standard InChI is InChI=1S/C18H21N7OS/c1-4-15(26)25-7-5-13(11-25)24(3)17-16-14(6-8-27-16)21-18(22-17)20-12-9-19-23(2)10-12/h4,6,8-10,13H,1,5,7,11H2,2-3H3,(H,20,21,22). The molecule has 4 heterocycles. The molecule has 9 heteroatoms. The Kier molecular flexibility index (Phi) is 4.53. The normalized spacial score (nSPS) is 16.7. The molecule has 27 heavy (non-hydrogen) atoms. The second-order valence-electron chi connectivity index (χ2n) is 6.58. The molecule has 1 saturated heterocycles. The van der Waals surface area contributed by atoms with Gasteiger partial charge in [-0.25, -0.2) is 4.98 Å². The van der Waals surface area contributed by atoms with Gasteiger partial charge in [0.2, 0.25) is 11.9 Å². The van der Waals surface area contributed by atoms with Crippen LogP contribution in [-0.2, 0) is 11.8 Å². The number of anilines is 3. The lowest BCUT2D eigenvalue weighted by molar-refractivity contribution is -0.125. The zero-order valence-corrected chi connectivity index (χ0v) is 16.1. The molecule has 0 aliphatic carbocycles. The number of carbonyl (C=O) groups is 1. The predicted molar refractivity (Wildman–Crippen MR) is 107 cm³/mol. The number of nitrogens with one attached hydrogen (secondary N) is 1. The third-order valence-corrected chi connectivity index (χ3v) is 5.68. The van der Waals surface area contributed by atoms with Crippen LogP contribution in [0.15, 0.2) is 36.5 Å². The Bertz CT molecular complexity index is 995. The molecule has 8 nitrogen and oxygen atoms in total. The summed E-state index contributed by atoms with van der Waals surface area (Å²) in [4.78, 5) is 25.3. The molecule has 0 spiro atoms. The summed E-state index contributed by atoms with van der Waals surface area (Å²) in [6.45, 7) is 4.99. The molecule has 3 aromatic heterocycles. The molecule has 0 aromatic carbocycles. The predicted octanol–water partition coefficient (Wildman–Crippen LogP) is 2.39. The molecule has 1 N–H and O–H groups in total. The van der Waals surface area contributed by atoms with Crippen molar-refractivity contribution >= 4 is 44.9 Å². The number of rotatable bonds is 5. The average Bonchev–Trinajstić information content (AvgIpc) is 3.40. The van der Waals surface area contributed by atoms with Gasteiger partial charge in [0.05, 0.1) is 22.1 Å². The molecule has 1 fully saturated rings. The number of aromatic nitrogens is 4. The van der Waals surface area contributed by atoms with Gasteiger partial charge in [0.15, 0.2) is 5.82 Å². The largest absolute Gasteiger partial charge is 0.353 e. The van der Waals surface area contributed by atoms with Gasteiger partial charge in [-0.15, -0.1) is 11.3 Å². The van der Waals surface area contributed by atoms with E-state index in [2.05, 4.69) is 26.9 Å². The van der Waals surface area contributed by atoms with Gasteiger partial charge >= 0.3 is 0 Å². The number of carbonyl (C=O) groups excluding carboxylic acids is 1. The number of likely N-dealkylation sites (N-methyl/N-ethyl adjacent to an activating group) is 1. The summed E-state index contributed by atoms with van der Waals surface area (Å²) < 4.78 is 2.77. The number of amides is 1. The SMILES string of the molecule is C=CC(=O)N1CCC(N(C)c2nc(Nc3cnn(C)c3)nc3ccsc23)C1. The van der Waals surface area contributed by atoms with Crippen molar-refractivity contribution in [2.24, 2.45) is 7.05 Å². The highest BCUT2D eigenvalue weighted by Crippen LogP contribution is 2.32. The van der Waals surface area contributed by atoms with Crippen molar-refractivity contribution < 1.29 is 4.79 Å². The maximum absolute atomic E-state index is 11.9. The Morgan fingerprint density at radius 3 is 3.07 bits per heavy atom. The molecule has 0 bridgehead atoms. The Morgan fingerprint density at radius 2 is 2.33 bits per heavy atom. The van der Waals surface area contributed by atoms with Crippen molar-refractivity contribution in [2.45, 2.75) is 12.5 Å². The van der Waals surface area contributed by atoms with Crippen LogP contribution in [0.1, 0.15) is 6.42 Å². The van der Waals surface area contributed by atoms with E-state index >= 15 is 0 Å². The van der Waals surface area contributed by atoms with Gasteiger partial charge in [-0.2, -0.15) is 10.1 Å². The minimum absolute atomic E-state index is 0.0196. The molecule has 140 valence electrons. The van der Waals surface area contributed by atoms with Gasteiger partial charge in [-0.05, 0) is 23.9 Å². The average molecular weight is 383 g/mol. The number of hydrogen-bond acceptors (Lipinski definition) is 7. The molecule has 3 aromatic rings. The van der Waals surface area contributed by atoms with Crippen LogP contribution in [0.25, 0.3) is 10.2 Å². The quantitative estimate of drug-likeness (QED) is 0.682. The molecule has 1 aliphatic rings. The molecule has 1 amide bonds. The molecule has 4 rings (SSSR count). The van der Waals surface area contributed by atoms with Crippen LogP contribution in [0.5, 0.6) is 0 Å². The van der Waals surface area contributed by atoms with E-state index in [0.717, 1.165) is 34.7 Å². The van der Waals surface area contributed by atoms with E-state index < -0.39 is 0 Å². The maximum atomic E-state index is 11.9. The van der Waals surface area contributed by atoms with Gasteiger partial charge in [-0.1, -0.05) is 6.58 Å². The first-order valence-electron chi connectivity index (χ1n) is 8.70. The van der Waals surface area contributed by atoms with Crippen molar-refractivity contribution in [1.82, 2.24) is 24.6 Å². The van der Waals surface area contributed by atoms with E-state index in [4.69, 9.17) is 4.98 Å². The Labute approximate surface area is 161 Å². The van der Waals surface area contributed by atoms with Gasteiger partial charge in [0, 0.05) is 39.4 Å².